The molecule has 0 aromatic heterocycles. The average Bonchev–Trinajstić information content (AvgIpc) is 3.12. The van der Waals surface area contributed by atoms with Gasteiger partial charge in [0.1, 0.15) is 6.54 Å². The van der Waals surface area contributed by atoms with Crippen LogP contribution < -0.4 is 15.5 Å². The number of nitrogens with one attached hydrogen (secondary N) is 2. The fraction of sp³-hybridized carbons (Fsp3) is 0.130. The molecule has 158 valence electrons. The number of hydrogen-bond acceptors (Lipinski definition) is 3. The zero-order valence-corrected chi connectivity index (χ0v) is 16.5. The molecule has 0 atom stereocenters. The lowest BCUT2D eigenvalue weighted by Gasteiger charge is -2.18. The summed E-state index contributed by atoms with van der Waals surface area (Å²) in [6.07, 6.45) is 0. The zero-order chi connectivity index (χ0) is 21.8. The number of urea groups is 1. The van der Waals surface area contributed by atoms with Crippen molar-refractivity contribution in [3.63, 3.8) is 0 Å². The lowest BCUT2D eigenvalue weighted by molar-refractivity contribution is -0.116. The monoisotopic (exact) mass is 422 g/mol. The molecule has 6 nitrogen and oxygen atoms in total. The molecule has 1 saturated heterocycles. The molecule has 2 N–H and O–H groups in total. The summed E-state index contributed by atoms with van der Waals surface area (Å²) in [5.74, 6) is -2.34. The van der Waals surface area contributed by atoms with Crippen LogP contribution in [0.25, 0.3) is 0 Å². The van der Waals surface area contributed by atoms with Crippen LogP contribution in [0, 0.1) is 11.6 Å². The molecular formula is C23H20F2N4O2. The van der Waals surface area contributed by atoms with E-state index in [-0.39, 0.29) is 24.7 Å². The normalized spacial score (nSPS) is 13.4. The second kappa shape index (κ2) is 8.83. The van der Waals surface area contributed by atoms with Crippen molar-refractivity contribution in [2.45, 2.75) is 0 Å². The highest BCUT2D eigenvalue weighted by atomic mass is 19.2. The average molecular weight is 422 g/mol. The highest BCUT2D eigenvalue weighted by Crippen LogP contribution is 2.23. The van der Waals surface area contributed by atoms with Gasteiger partial charge in [-0.25, -0.2) is 13.6 Å². The molecule has 8 heteroatoms. The molecule has 0 spiro atoms. The minimum atomic E-state index is -1.02. The minimum Gasteiger partial charge on any atom is -0.356 e. The molecular weight excluding hydrogens is 402 g/mol. The van der Waals surface area contributed by atoms with Gasteiger partial charge in [0, 0.05) is 41.9 Å². The standard InChI is InChI=1S/C23H20F2N4O2/c24-20-11-10-19(14-21(20)25)29-13-12-28(23(29)31)15-22(30)27-18-8-6-17(7-9-18)26-16-4-2-1-3-5-16/h1-11,14,26H,12-13,15H2,(H,27,30). The van der Waals surface area contributed by atoms with Crippen molar-refractivity contribution in [2.75, 3.05) is 35.2 Å². The first kappa shape index (κ1) is 20.3. The summed E-state index contributed by atoms with van der Waals surface area (Å²) >= 11 is 0. The van der Waals surface area contributed by atoms with E-state index < -0.39 is 17.7 Å². The summed E-state index contributed by atoms with van der Waals surface area (Å²) in [5, 5.41) is 6.02. The zero-order valence-electron chi connectivity index (χ0n) is 16.5. The van der Waals surface area contributed by atoms with Crippen LogP contribution in [-0.2, 0) is 4.79 Å². The molecule has 3 aromatic carbocycles. The molecule has 0 bridgehead atoms. The van der Waals surface area contributed by atoms with Gasteiger partial charge in [0.15, 0.2) is 11.6 Å². The fourth-order valence-electron chi connectivity index (χ4n) is 3.32. The first-order valence-electron chi connectivity index (χ1n) is 9.73. The summed E-state index contributed by atoms with van der Waals surface area (Å²) < 4.78 is 26.6. The number of halogens is 2. The van der Waals surface area contributed by atoms with E-state index in [0.29, 0.717) is 12.2 Å². The molecule has 4 rings (SSSR count). The van der Waals surface area contributed by atoms with Gasteiger partial charge in [-0.2, -0.15) is 0 Å². The second-order valence-electron chi connectivity index (χ2n) is 7.07. The summed E-state index contributed by atoms with van der Waals surface area (Å²) in [5.41, 5.74) is 2.69. The number of rotatable bonds is 6. The van der Waals surface area contributed by atoms with Crippen LogP contribution in [0.1, 0.15) is 0 Å². The largest absolute Gasteiger partial charge is 0.356 e. The van der Waals surface area contributed by atoms with Crippen LogP contribution in [0.5, 0.6) is 0 Å². The molecule has 0 radical (unpaired) electrons. The van der Waals surface area contributed by atoms with Crippen LogP contribution in [0.2, 0.25) is 0 Å². The highest BCUT2D eigenvalue weighted by Gasteiger charge is 2.31. The Balaban J connectivity index is 1.32. The maximum atomic E-state index is 13.5. The Hall–Kier alpha value is -3.94. The topological polar surface area (TPSA) is 64.7 Å². The Morgan fingerprint density at radius 1 is 0.839 bits per heavy atom. The van der Waals surface area contributed by atoms with Crippen molar-refractivity contribution >= 4 is 34.7 Å². The van der Waals surface area contributed by atoms with Gasteiger partial charge in [-0.3, -0.25) is 9.69 Å². The van der Waals surface area contributed by atoms with Gasteiger partial charge in [0.05, 0.1) is 0 Å². The molecule has 0 unspecified atom stereocenters. The lowest BCUT2D eigenvalue weighted by atomic mass is 10.2. The number of carbonyl (C=O) groups is 2. The molecule has 0 saturated carbocycles. The maximum Gasteiger partial charge on any atom is 0.325 e. The molecule has 1 fully saturated rings. The Morgan fingerprint density at radius 2 is 1.52 bits per heavy atom. The fourth-order valence-corrected chi connectivity index (χ4v) is 3.32. The number of para-hydroxylation sites is 1. The number of benzene rings is 3. The van der Waals surface area contributed by atoms with E-state index >= 15 is 0 Å². The molecule has 3 aromatic rings. The van der Waals surface area contributed by atoms with E-state index in [1.165, 1.54) is 15.9 Å². The first-order valence-corrected chi connectivity index (χ1v) is 9.73. The Bertz CT molecular complexity index is 1090. The first-order chi connectivity index (χ1) is 15.0. The van der Waals surface area contributed by atoms with Crippen LogP contribution in [0.3, 0.4) is 0 Å². The summed E-state index contributed by atoms with van der Waals surface area (Å²) in [6, 6.07) is 19.8. The van der Waals surface area contributed by atoms with E-state index in [4.69, 9.17) is 0 Å². The van der Waals surface area contributed by atoms with Crippen molar-refractivity contribution in [1.29, 1.82) is 0 Å². The Kier molecular flexibility index (Phi) is 5.79. The van der Waals surface area contributed by atoms with Gasteiger partial charge < -0.3 is 15.5 Å². The predicted molar refractivity (Wildman–Crippen MR) is 115 cm³/mol. The van der Waals surface area contributed by atoms with Crippen molar-refractivity contribution in [1.82, 2.24) is 4.90 Å². The summed E-state index contributed by atoms with van der Waals surface area (Å²) in [6.45, 7) is 0.464. The number of hydrogen-bond donors (Lipinski definition) is 2. The van der Waals surface area contributed by atoms with Crippen LogP contribution in [-0.4, -0.2) is 36.5 Å². The van der Waals surface area contributed by atoms with Gasteiger partial charge in [0.2, 0.25) is 5.91 Å². The quantitative estimate of drug-likeness (QED) is 0.611. The summed E-state index contributed by atoms with van der Waals surface area (Å²) in [7, 11) is 0. The molecule has 3 amide bonds. The van der Waals surface area contributed by atoms with Gasteiger partial charge in [0.25, 0.3) is 0 Å². The third kappa shape index (κ3) is 4.80. The predicted octanol–water partition coefficient (Wildman–Crippen LogP) is 4.59. The maximum absolute atomic E-state index is 13.5. The number of amides is 3. The lowest BCUT2D eigenvalue weighted by Crippen LogP contribution is -2.37. The van der Waals surface area contributed by atoms with E-state index in [0.717, 1.165) is 23.5 Å². The number of nitrogens with zero attached hydrogens (tertiary/aromatic N) is 2. The molecule has 1 aliphatic heterocycles. The van der Waals surface area contributed by atoms with Crippen molar-refractivity contribution < 1.29 is 18.4 Å². The highest BCUT2D eigenvalue weighted by molar-refractivity contribution is 5.99. The van der Waals surface area contributed by atoms with Crippen LogP contribution in [0.4, 0.5) is 36.3 Å². The SMILES string of the molecule is O=C(CN1CCN(c2ccc(F)c(F)c2)C1=O)Nc1ccc(Nc2ccccc2)cc1. The second-order valence-corrected chi connectivity index (χ2v) is 7.07. The van der Waals surface area contributed by atoms with Crippen LogP contribution >= 0.6 is 0 Å². The van der Waals surface area contributed by atoms with Crippen molar-refractivity contribution in [3.05, 3.63) is 84.4 Å². The molecule has 0 aliphatic carbocycles. The van der Waals surface area contributed by atoms with E-state index in [9.17, 15) is 18.4 Å². The molecule has 31 heavy (non-hydrogen) atoms. The minimum absolute atomic E-state index is 0.136. The smallest absolute Gasteiger partial charge is 0.325 e. The van der Waals surface area contributed by atoms with E-state index in [2.05, 4.69) is 10.6 Å². The van der Waals surface area contributed by atoms with Gasteiger partial charge in [-0.05, 0) is 48.5 Å². The Labute approximate surface area is 178 Å². The van der Waals surface area contributed by atoms with Crippen molar-refractivity contribution in [2.24, 2.45) is 0 Å². The Morgan fingerprint density at radius 3 is 2.23 bits per heavy atom. The molecule has 1 heterocycles. The summed E-state index contributed by atoms with van der Waals surface area (Å²) in [4.78, 5) is 27.6. The third-order valence-corrected chi connectivity index (χ3v) is 4.88. The number of carbonyl (C=O) groups excluding carboxylic acids is 2. The van der Waals surface area contributed by atoms with Gasteiger partial charge in [-0.15, -0.1) is 0 Å². The third-order valence-electron chi connectivity index (χ3n) is 4.88. The number of anilines is 4. The molecule has 1 aliphatic rings. The van der Waals surface area contributed by atoms with Gasteiger partial charge >= 0.3 is 6.03 Å². The van der Waals surface area contributed by atoms with E-state index in [1.54, 1.807) is 12.1 Å². The van der Waals surface area contributed by atoms with Crippen molar-refractivity contribution in [3.8, 4) is 0 Å². The van der Waals surface area contributed by atoms with Crippen LogP contribution in [0.15, 0.2) is 72.8 Å². The van der Waals surface area contributed by atoms with Gasteiger partial charge in [-0.1, -0.05) is 18.2 Å². The van der Waals surface area contributed by atoms with E-state index in [1.807, 2.05) is 42.5 Å².